The molecule has 140 valence electrons. The number of ether oxygens (including phenoxy) is 1. The zero-order valence-electron chi connectivity index (χ0n) is 14.8. The van der Waals surface area contributed by atoms with Crippen molar-refractivity contribution >= 4 is 27.3 Å². The highest BCUT2D eigenvalue weighted by Gasteiger charge is 2.10. The summed E-state index contributed by atoms with van der Waals surface area (Å²) in [4.78, 5) is 12.0. The van der Waals surface area contributed by atoms with Gasteiger partial charge in [-0.15, -0.1) is 0 Å². The van der Waals surface area contributed by atoms with Crippen LogP contribution in [0.25, 0.3) is 0 Å². The molecule has 0 saturated heterocycles. The number of sulfonamides is 1. The van der Waals surface area contributed by atoms with E-state index in [1.807, 2.05) is 32.0 Å². The Morgan fingerprint density at radius 1 is 1.12 bits per heavy atom. The predicted molar refractivity (Wildman–Crippen MR) is 99.5 cm³/mol. The monoisotopic (exact) mass is 380 g/mol. The molecule has 0 unspecified atom stereocenters. The normalized spacial score (nSPS) is 11.1. The number of hydrogen-bond acceptors (Lipinski definition) is 4. The molecule has 2 aromatic rings. The van der Waals surface area contributed by atoms with Crippen molar-refractivity contribution in [1.82, 2.24) is 0 Å². The molecule has 1 amide bonds. The SMILES string of the molecule is Cc1cc(C)cc(OCCC(=O)Nc2ccc(F)c(NS(C)(=O)=O)c2)c1. The van der Waals surface area contributed by atoms with Crippen LogP contribution in [0.4, 0.5) is 15.8 Å². The summed E-state index contributed by atoms with van der Waals surface area (Å²) in [5.41, 5.74) is 2.20. The number of aryl methyl sites for hydroxylation is 2. The molecule has 8 heteroatoms. The second-order valence-corrected chi connectivity index (χ2v) is 7.79. The molecule has 6 nitrogen and oxygen atoms in total. The van der Waals surface area contributed by atoms with Gasteiger partial charge in [0.15, 0.2) is 0 Å². The van der Waals surface area contributed by atoms with Crippen LogP contribution >= 0.6 is 0 Å². The lowest BCUT2D eigenvalue weighted by atomic mass is 10.1. The minimum atomic E-state index is -3.62. The van der Waals surface area contributed by atoms with Crippen LogP contribution < -0.4 is 14.8 Å². The average molecular weight is 380 g/mol. The molecule has 0 saturated carbocycles. The van der Waals surface area contributed by atoms with Crippen molar-refractivity contribution in [2.24, 2.45) is 0 Å². The second-order valence-electron chi connectivity index (χ2n) is 6.04. The van der Waals surface area contributed by atoms with Gasteiger partial charge in [-0.2, -0.15) is 0 Å². The standard InChI is InChI=1S/C18H21FN2O4S/c1-12-8-13(2)10-15(9-12)25-7-6-18(22)20-14-4-5-16(19)17(11-14)21-26(3,23)24/h4-5,8-11,21H,6-7H2,1-3H3,(H,20,22). The van der Waals surface area contributed by atoms with Crippen LogP contribution in [0.3, 0.4) is 0 Å². The van der Waals surface area contributed by atoms with Crippen LogP contribution in [0, 0.1) is 19.7 Å². The van der Waals surface area contributed by atoms with Gasteiger partial charge in [-0.1, -0.05) is 6.07 Å². The molecule has 0 spiro atoms. The van der Waals surface area contributed by atoms with Crippen molar-refractivity contribution in [3.8, 4) is 5.75 Å². The summed E-state index contributed by atoms with van der Waals surface area (Å²) < 4.78 is 43.7. The topological polar surface area (TPSA) is 84.5 Å². The maximum absolute atomic E-state index is 13.6. The Morgan fingerprint density at radius 2 is 1.77 bits per heavy atom. The first-order valence-electron chi connectivity index (χ1n) is 7.91. The first kappa shape index (κ1) is 19.7. The van der Waals surface area contributed by atoms with Crippen molar-refractivity contribution in [2.45, 2.75) is 20.3 Å². The first-order chi connectivity index (χ1) is 12.1. The summed E-state index contributed by atoms with van der Waals surface area (Å²) >= 11 is 0. The number of halogens is 1. The van der Waals surface area contributed by atoms with E-state index in [0.29, 0.717) is 5.75 Å². The summed E-state index contributed by atoms with van der Waals surface area (Å²) in [7, 11) is -3.62. The van der Waals surface area contributed by atoms with Gasteiger partial charge in [0.2, 0.25) is 15.9 Å². The number of anilines is 2. The van der Waals surface area contributed by atoms with Crippen LogP contribution in [0.1, 0.15) is 17.5 Å². The van der Waals surface area contributed by atoms with Gasteiger partial charge in [0.05, 0.1) is 25.0 Å². The van der Waals surface area contributed by atoms with Crippen LogP contribution in [0.2, 0.25) is 0 Å². The molecule has 2 N–H and O–H groups in total. The highest BCUT2D eigenvalue weighted by atomic mass is 32.2. The fraction of sp³-hybridized carbons (Fsp3) is 0.278. The van der Waals surface area contributed by atoms with Gasteiger partial charge in [-0.05, 0) is 55.3 Å². The third kappa shape index (κ3) is 6.36. The fourth-order valence-corrected chi connectivity index (χ4v) is 2.94. The van der Waals surface area contributed by atoms with Crippen LogP contribution in [-0.4, -0.2) is 27.2 Å². The number of rotatable bonds is 7. The zero-order valence-corrected chi connectivity index (χ0v) is 15.6. The molecule has 26 heavy (non-hydrogen) atoms. The summed E-state index contributed by atoms with van der Waals surface area (Å²) in [6, 6.07) is 9.44. The van der Waals surface area contributed by atoms with Gasteiger partial charge in [-0.25, -0.2) is 12.8 Å². The van der Waals surface area contributed by atoms with E-state index < -0.39 is 15.8 Å². The lowest BCUT2D eigenvalue weighted by Gasteiger charge is -2.10. The molecule has 2 aromatic carbocycles. The van der Waals surface area contributed by atoms with E-state index in [-0.39, 0.29) is 30.3 Å². The molecule has 0 atom stereocenters. The Balaban J connectivity index is 1.92. The van der Waals surface area contributed by atoms with Gasteiger partial charge in [-0.3, -0.25) is 9.52 Å². The van der Waals surface area contributed by atoms with E-state index in [1.165, 1.54) is 12.1 Å². The molecule has 0 fully saturated rings. The quantitative estimate of drug-likeness (QED) is 0.772. The smallest absolute Gasteiger partial charge is 0.229 e. The second kappa shape index (κ2) is 8.18. The van der Waals surface area contributed by atoms with Crippen molar-refractivity contribution in [2.75, 3.05) is 22.9 Å². The lowest BCUT2D eigenvalue weighted by Crippen LogP contribution is -2.16. The highest BCUT2D eigenvalue weighted by molar-refractivity contribution is 7.92. The van der Waals surface area contributed by atoms with Crippen molar-refractivity contribution in [3.05, 3.63) is 53.3 Å². The lowest BCUT2D eigenvalue weighted by molar-refractivity contribution is -0.116. The van der Waals surface area contributed by atoms with E-state index in [0.717, 1.165) is 23.4 Å². The number of carbonyl (C=O) groups is 1. The maximum Gasteiger partial charge on any atom is 0.229 e. The molecule has 0 bridgehead atoms. The van der Waals surface area contributed by atoms with E-state index in [9.17, 15) is 17.6 Å². The van der Waals surface area contributed by atoms with Gasteiger partial charge in [0, 0.05) is 5.69 Å². The zero-order chi connectivity index (χ0) is 19.3. The third-order valence-corrected chi connectivity index (χ3v) is 3.93. The molecule has 0 heterocycles. The average Bonchev–Trinajstić information content (AvgIpc) is 2.48. The highest BCUT2D eigenvalue weighted by Crippen LogP contribution is 2.21. The van der Waals surface area contributed by atoms with Gasteiger partial charge >= 0.3 is 0 Å². The molecule has 0 aliphatic rings. The number of hydrogen-bond donors (Lipinski definition) is 2. The van der Waals surface area contributed by atoms with Gasteiger partial charge in [0.1, 0.15) is 11.6 Å². The minimum Gasteiger partial charge on any atom is -0.493 e. The summed E-state index contributed by atoms with van der Waals surface area (Å²) in [6.45, 7) is 4.11. The Bertz CT molecular complexity index is 893. The Labute approximate surface area is 152 Å². The fourth-order valence-electron chi connectivity index (χ4n) is 2.38. The van der Waals surface area contributed by atoms with Crippen molar-refractivity contribution < 1.29 is 22.3 Å². The molecule has 0 aliphatic heterocycles. The Morgan fingerprint density at radius 3 is 2.38 bits per heavy atom. The van der Waals surface area contributed by atoms with Gasteiger partial charge in [0.25, 0.3) is 0 Å². The summed E-state index contributed by atoms with van der Waals surface area (Å²) in [5.74, 6) is -0.366. The maximum atomic E-state index is 13.6. The van der Waals surface area contributed by atoms with E-state index in [2.05, 4.69) is 10.0 Å². The van der Waals surface area contributed by atoms with Crippen LogP contribution in [0.15, 0.2) is 36.4 Å². The Hall–Kier alpha value is -2.61. The molecule has 0 radical (unpaired) electrons. The molecule has 0 aliphatic carbocycles. The van der Waals surface area contributed by atoms with E-state index in [4.69, 9.17) is 4.74 Å². The number of benzene rings is 2. The van der Waals surface area contributed by atoms with Gasteiger partial charge < -0.3 is 10.1 Å². The van der Waals surface area contributed by atoms with E-state index >= 15 is 0 Å². The first-order valence-corrected chi connectivity index (χ1v) is 9.80. The largest absolute Gasteiger partial charge is 0.493 e. The van der Waals surface area contributed by atoms with Crippen molar-refractivity contribution in [3.63, 3.8) is 0 Å². The Kier molecular flexibility index (Phi) is 6.20. The molecule has 2 rings (SSSR count). The summed E-state index contributed by atoms with van der Waals surface area (Å²) in [5, 5.41) is 2.58. The molecular formula is C18H21FN2O4S. The predicted octanol–water partition coefficient (Wildman–Crippen LogP) is 3.22. The summed E-state index contributed by atoms with van der Waals surface area (Å²) in [6.07, 6.45) is 1.02. The van der Waals surface area contributed by atoms with E-state index in [1.54, 1.807) is 0 Å². The third-order valence-electron chi connectivity index (χ3n) is 3.34. The number of amides is 1. The molecule has 0 aromatic heterocycles. The number of nitrogens with one attached hydrogen (secondary N) is 2. The van der Waals surface area contributed by atoms with Crippen molar-refractivity contribution in [1.29, 1.82) is 0 Å². The minimum absolute atomic E-state index is 0.0964. The van der Waals surface area contributed by atoms with Crippen LogP contribution in [0.5, 0.6) is 5.75 Å². The van der Waals surface area contributed by atoms with Crippen LogP contribution in [-0.2, 0) is 14.8 Å². The number of carbonyl (C=O) groups excluding carboxylic acids is 1. The molecular weight excluding hydrogens is 359 g/mol.